The van der Waals surface area contributed by atoms with Gasteiger partial charge in [0.1, 0.15) is 11.4 Å². The van der Waals surface area contributed by atoms with Crippen LogP contribution in [-0.2, 0) is 9.59 Å². The zero-order valence-electron chi connectivity index (χ0n) is 26.6. The molecular weight excluding hydrogens is 597 g/mol. The smallest absolute Gasteiger partial charge is 0.305 e. The van der Waals surface area contributed by atoms with E-state index in [9.17, 15) is 14.4 Å². The highest BCUT2D eigenvalue weighted by Gasteiger charge is 2.52. The average Bonchev–Trinajstić information content (AvgIpc) is 3.19. The molecule has 2 aliphatic rings. The molecule has 2 aromatic carbocycles. The molecule has 1 fully saturated rings. The summed E-state index contributed by atoms with van der Waals surface area (Å²) in [5.41, 5.74) is 1.86. The van der Waals surface area contributed by atoms with Crippen molar-refractivity contribution in [3.63, 3.8) is 0 Å². The van der Waals surface area contributed by atoms with Crippen LogP contribution in [0.15, 0.2) is 47.5 Å². The molecule has 238 valence electrons. The predicted molar refractivity (Wildman–Crippen MR) is 176 cm³/mol. The number of aliphatic imine (C=N–C) groups is 1. The van der Waals surface area contributed by atoms with Crippen LogP contribution in [0.25, 0.3) is 0 Å². The van der Waals surface area contributed by atoms with Gasteiger partial charge in [0.05, 0.1) is 12.5 Å². The van der Waals surface area contributed by atoms with Crippen molar-refractivity contribution < 1.29 is 19.5 Å². The van der Waals surface area contributed by atoms with E-state index in [0.29, 0.717) is 38.7 Å². The van der Waals surface area contributed by atoms with Crippen molar-refractivity contribution >= 4 is 46.7 Å². The number of aliphatic carboxylic acids is 1. The lowest BCUT2D eigenvalue weighted by atomic mass is 9.69. The molecule has 2 N–H and O–H groups in total. The quantitative estimate of drug-likeness (QED) is 0.272. The standard InChI is InChI=1S/C35H45Cl2N3O4/c1-21(2)7-12-29(23-8-10-24(11-9-23)32(43)38-22(3)17-30(41)42)40-33(44)31(25-18-27(36)20-28(37)19-25)39-35(40)15-13-26(14-16-35)34(4,5)6/h8-11,18-22,26,29H,7,12-17H2,1-6H3,(H,38,43)(H,41,42)/t22-,26?,29?,35?/m1/s1. The molecule has 1 heterocycles. The molecule has 0 bridgehead atoms. The molecule has 1 aliphatic carbocycles. The number of carboxylic acids is 1. The van der Waals surface area contributed by atoms with Gasteiger partial charge in [0.25, 0.3) is 11.8 Å². The third-order valence-electron chi connectivity index (χ3n) is 9.08. The van der Waals surface area contributed by atoms with Crippen molar-refractivity contribution in [2.45, 2.75) is 104 Å². The molecule has 0 aromatic heterocycles. The van der Waals surface area contributed by atoms with Crippen LogP contribution in [-0.4, -0.2) is 45.2 Å². The number of amides is 2. The summed E-state index contributed by atoms with van der Waals surface area (Å²) in [5, 5.41) is 12.7. The highest BCUT2D eigenvalue weighted by atomic mass is 35.5. The summed E-state index contributed by atoms with van der Waals surface area (Å²) in [6, 6.07) is 11.7. The summed E-state index contributed by atoms with van der Waals surface area (Å²) in [6.45, 7) is 12.9. The number of rotatable bonds is 10. The number of halogens is 2. The molecule has 1 unspecified atom stereocenters. The minimum Gasteiger partial charge on any atom is -0.481 e. The molecule has 1 saturated carbocycles. The maximum Gasteiger partial charge on any atom is 0.305 e. The molecule has 1 spiro atoms. The number of carboxylic acid groups (broad SMARTS) is 1. The van der Waals surface area contributed by atoms with Crippen LogP contribution >= 0.6 is 23.2 Å². The number of nitrogens with one attached hydrogen (secondary N) is 1. The highest BCUT2D eigenvalue weighted by Crippen LogP contribution is 2.50. The van der Waals surface area contributed by atoms with Crippen molar-refractivity contribution in [1.29, 1.82) is 0 Å². The Hall–Kier alpha value is -2.90. The summed E-state index contributed by atoms with van der Waals surface area (Å²) in [4.78, 5) is 45.7. The van der Waals surface area contributed by atoms with Gasteiger partial charge in [0.2, 0.25) is 0 Å². The van der Waals surface area contributed by atoms with Gasteiger partial charge in [-0.3, -0.25) is 19.4 Å². The van der Waals surface area contributed by atoms with Gasteiger partial charge in [-0.25, -0.2) is 0 Å². The van der Waals surface area contributed by atoms with E-state index in [2.05, 4.69) is 39.9 Å². The van der Waals surface area contributed by atoms with Gasteiger partial charge in [0.15, 0.2) is 0 Å². The number of benzene rings is 2. The molecule has 44 heavy (non-hydrogen) atoms. The van der Waals surface area contributed by atoms with E-state index in [1.807, 2.05) is 17.0 Å². The van der Waals surface area contributed by atoms with E-state index < -0.39 is 17.7 Å². The fourth-order valence-corrected chi connectivity index (χ4v) is 7.16. The molecule has 9 heteroatoms. The number of nitrogens with zero attached hydrogens (tertiary/aromatic N) is 2. The first-order valence-corrected chi connectivity index (χ1v) is 16.4. The first kappa shape index (κ1) is 34.0. The minimum absolute atomic E-state index is 0.129. The van der Waals surface area contributed by atoms with Crippen LogP contribution in [0.2, 0.25) is 10.0 Å². The lowest BCUT2D eigenvalue weighted by molar-refractivity contribution is -0.137. The number of carbonyl (C=O) groups is 3. The van der Waals surface area contributed by atoms with Gasteiger partial charge in [-0.05, 0) is 98.6 Å². The SMILES string of the molecule is CC(C)CCC(c1ccc(C(=O)N[C@H](C)CC(=O)O)cc1)N1C(=O)C(c2cc(Cl)cc(Cl)c2)=NC12CCC(C(C)(C)C)CC2. The van der Waals surface area contributed by atoms with Crippen molar-refractivity contribution in [2.24, 2.45) is 22.2 Å². The van der Waals surface area contributed by atoms with E-state index in [1.54, 1.807) is 37.3 Å². The number of hydrogen-bond donors (Lipinski definition) is 2. The fraction of sp³-hybridized carbons (Fsp3) is 0.543. The summed E-state index contributed by atoms with van der Waals surface area (Å²) in [5.74, 6) is -0.475. The Morgan fingerprint density at radius 2 is 1.61 bits per heavy atom. The first-order chi connectivity index (χ1) is 20.6. The topological polar surface area (TPSA) is 99.1 Å². The Morgan fingerprint density at radius 3 is 2.14 bits per heavy atom. The molecule has 7 nitrogen and oxygen atoms in total. The number of carbonyl (C=O) groups excluding carboxylic acids is 2. The van der Waals surface area contributed by atoms with E-state index in [1.165, 1.54) is 0 Å². The van der Waals surface area contributed by atoms with E-state index in [4.69, 9.17) is 33.3 Å². The Kier molecular flexibility index (Phi) is 10.5. The van der Waals surface area contributed by atoms with Gasteiger partial charge in [0, 0.05) is 27.2 Å². The lowest BCUT2D eigenvalue weighted by Crippen LogP contribution is -2.51. The van der Waals surface area contributed by atoms with Crippen molar-refractivity contribution in [3.05, 3.63) is 69.2 Å². The second kappa shape index (κ2) is 13.6. The molecule has 2 atom stereocenters. The molecule has 4 rings (SSSR count). The second-order valence-electron chi connectivity index (χ2n) is 14.0. The monoisotopic (exact) mass is 641 g/mol. The van der Waals surface area contributed by atoms with Crippen molar-refractivity contribution in [2.75, 3.05) is 0 Å². The van der Waals surface area contributed by atoms with Gasteiger partial charge >= 0.3 is 5.97 Å². The van der Waals surface area contributed by atoms with Gasteiger partial charge < -0.3 is 15.3 Å². The van der Waals surface area contributed by atoms with Crippen LogP contribution in [0.4, 0.5) is 0 Å². The Bertz CT molecular complexity index is 1390. The summed E-state index contributed by atoms with van der Waals surface area (Å²) >= 11 is 12.7. The molecule has 0 radical (unpaired) electrons. The van der Waals surface area contributed by atoms with Crippen LogP contribution in [0.3, 0.4) is 0 Å². The molecule has 2 aromatic rings. The normalized spacial score (nSPS) is 21.8. The highest BCUT2D eigenvalue weighted by molar-refractivity contribution is 6.47. The predicted octanol–water partition coefficient (Wildman–Crippen LogP) is 8.33. The van der Waals surface area contributed by atoms with Gasteiger partial charge in [-0.15, -0.1) is 0 Å². The van der Waals surface area contributed by atoms with E-state index in [-0.39, 0.29) is 29.7 Å². The van der Waals surface area contributed by atoms with Crippen molar-refractivity contribution in [3.8, 4) is 0 Å². The minimum atomic E-state index is -0.969. The van der Waals surface area contributed by atoms with Crippen LogP contribution in [0, 0.1) is 17.3 Å². The molecule has 0 saturated heterocycles. The van der Waals surface area contributed by atoms with Crippen LogP contribution in [0.5, 0.6) is 0 Å². The van der Waals surface area contributed by atoms with Gasteiger partial charge in [-0.1, -0.05) is 70.0 Å². The largest absolute Gasteiger partial charge is 0.481 e. The maximum atomic E-state index is 14.5. The number of hydrogen-bond acceptors (Lipinski definition) is 4. The van der Waals surface area contributed by atoms with E-state index >= 15 is 0 Å². The fourth-order valence-electron chi connectivity index (χ4n) is 6.63. The van der Waals surface area contributed by atoms with Crippen LogP contribution < -0.4 is 5.32 Å². The summed E-state index contributed by atoms with van der Waals surface area (Å²) in [6.07, 6.45) is 4.94. The lowest BCUT2D eigenvalue weighted by Gasteiger charge is -2.47. The summed E-state index contributed by atoms with van der Waals surface area (Å²) < 4.78 is 0. The summed E-state index contributed by atoms with van der Waals surface area (Å²) in [7, 11) is 0. The zero-order valence-corrected chi connectivity index (χ0v) is 28.1. The Balaban J connectivity index is 1.73. The molecule has 2 amide bonds. The Morgan fingerprint density at radius 1 is 1.02 bits per heavy atom. The molecule has 1 aliphatic heterocycles. The van der Waals surface area contributed by atoms with Gasteiger partial charge in [-0.2, -0.15) is 0 Å². The molecular formula is C35H45Cl2N3O4. The van der Waals surface area contributed by atoms with Crippen molar-refractivity contribution in [1.82, 2.24) is 10.2 Å². The first-order valence-electron chi connectivity index (χ1n) is 15.6. The third kappa shape index (κ3) is 7.84. The maximum absolute atomic E-state index is 14.5. The Labute approximate surface area is 271 Å². The zero-order chi connectivity index (χ0) is 32.4. The second-order valence-corrected chi connectivity index (χ2v) is 14.9. The van der Waals surface area contributed by atoms with Crippen LogP contribution in [0.1, 0.15) is 114 Å². The average molecular weight is 643 g/mol. The van der Waals surface area contributed by atoms with E-state index in [0.717, 1.165) is 44.1 Å². The third-order valence-corrected chi connectivity index (χ3v) is 9.52.